The number of hydrogen-bond acceptors (Lipinski definition) is 3. The summed E-state index contributed by atoms with van der Waals surface area (Å²) in [6, 6.07) is 5.36. The van der Waals surface area contributed by atoms with Crippen LogP contribution in [0, 0.1) is 18.8 Å². The molecule has 0 unspecified atom stereocenters. The van der Waals surface area contributed by atoms with Crippen molar-refractivity contribution >= 4 is 17.6 Å². The van der Waals surface area contributed by atoms with Crippen LogP contribution in [0.1, 0.15) is 28.8 Å². The molecule has 2 aliphatic rings. The van der Waals surface area contributed by atoms with Crippen molar-refractivity contribution in [3.05, 3.63) is 29.3 Å². The van der Waals surface area contributed by atoms with E-state index in [4.69, 9.17) is 5.11 Å². The Morgan fingerprint density at radius 1 is 1.15 bits per heavy atom. The largest absolute Gasteiger partial charge is 0.481 e. The summed E-state index contributed by atoms with van der Waals surface area (Å²) < 4.78 is 39.6. The van der Waals surface area contributed by atoms with Crippen LogP contribution in [0.3, 0.4) is 0 Å². The van der Waals surface area contributed by atoms with E-state index in [9.17, 15) is 22.8 Å². The summed E-state index contributed by atoms with van der Waals surface area (Å²) >= 11 is 0. The summed E-state index contributed by atoms with van der Waals surface area (Å²) in [5.41, 5.74) is 1.89. The van der Waals surface area contributed by atoms with Crippen LogP contribution in [0.5, 0.6) is 0 Å². The number of nitrogens with zero attached hydrogens (tertiary/aromatic N) is 2. The molecule has 8 heteroatoms. The Balaban J connectivity index is 1.90. The van der Waals surface area contributed by atoms with Crippen LogP contribution in [-0.4, -0.2) is 54.2 Å². The first kappa shape index (κ1) is 18.5. The first-order chi connectivity index (χ1) is 12.2. The molecular formula is C18H21F3N2O3. The van der Waals surface area contributed by atoms with E-state index in [1.165, 1.54) is 0 Å². The average molecular weight is 370 g/mol. The van der Waals surface area contributed by atoms with E-state index in [0.29, 0.717) is 11.3 Å². The fourth-order valence-corrected chi connectivity index (χ4v) is 3.78. The Labute approximate surface area is 149 Å². The van der Waals surface area contributed by atoms with Crippen LogP contribution in [0.15, 0.2) is 18.2 Å². The number of aliphatic carboxylic acids is 1. The van der Waals surface area contributed by atoms with Gasteiger partial charge in [-0.1, -0.05) is 11.6 Å². The molecule has 2 fully saturated rings. The van der Waals surface area contributed by atoms with Crippen molar-refractivity contribution in [2.24, 2.45) is 11.8 Å². The Hall–Kier alpha value is -2.25. The van der Waals surface area contributed by atoms with Crippen LogP contribution < -0.4 is 4.90 Å². The number of carbonyl (C=O) groups excluding carboxylic acids is 1. The molecule has 0 aliphatic carbocycles. The van der Waals surface area contributed by atoms with Gasteiger partial charge >= 0.3 is 12.1 Å². The molecule has 3 rings (SSSR count). The van der Waals surface area contributed by atoms with E-state index in [1.807, 2.05) is 19.1 Å². The normalized spacial score (nSPS) is 23.5. The second-order valence-corrected chi connectivity index (χ2v) is 7.02. The maximum atomic E-state index is 13.2. The standard InChI is InChI=1S/C18H21F3N2O3/c1-11-4-5-15(22-6-2-3-7-22)12(8-11)16(24)23-9-13(17(25)26)14(10-23)18(19,20)21/h4-5,8,13-14H,2-3,6-7,9-10H2,1H3,(H,25,26)/t13-,14-/m1/s1. The second-order valence-electron chi connectivity index (χ2n) is 7.02. The SMILES string of the molecule is Cc1ccc(N2CCCC2)c(C(=O)N2C[C@@H](C(F)(F)F)[C@H](C(=O)O)C2)c1. The van der Waals surface area contributed by atoms with Crippen molar-refractivity contribution in [2.45, 2.75) is 25.9 Å². The Morgan fingerprint density at radius 3 is 2.35 bits per heavy atom. The molecular weight excluding hydrogens is 349 g/mol. The number of carboxylic acids is 1. The maximum absolute atomic E-state index is 13.2. The summed E-state index contributed by atoms with van der Waals surface area (Å²) in [6.45, 7) is 2.37. The topological polar surface area (TPSA) is 60.9 Å². The van der Waals surface area contributed by atoms with E-state index in [-0.39, 0.29) is 0 Å². The summed E-state index contributed by atoms with van der Waals surface area (Å²) in [7, 11) is 0. The van der Waals surface area contributed by atoms with E-state index in [0.717, 1.165) is 36.4 Å². The quantitative estimate of drug-likeness (QED) is 0.889. The van der Waals surface area contributed by atoms with E-state index < -0.39 is 43.0 Å². The van der Waals surface area contributed by atoms with Crippen molar-refractivity contribution in [3.8, 4) is 0 Å². The van der Waals surface area contributed by atoms with Gasteiger partial charge in [0.25, 0.3) is 5.91 Å². The summed E-state index contributed by atoms with van der Waals surface area (Å²) in [6.07, 6.45) is -2.65. The molecule has 1 N–H and O–H groups in total. The van der Waals surface area contributed by atoms with Crippen molar-refractivity contribution in [3.63, 3.8) is 0 Å². The molecule has 2 saturated heterocycles. The van der Waals surface area contributed by atoms with Gasteiger partial charge in [0.2, 0.25) is 0 Å². The number of likely N-dealkylation sites (tertiary alicyclic amines) is 1. The minimum Gasteiger partial charge on any atom is -0.481 e. The molecule has 142 valence electrons. The molecule has 0 spiro atoms. The van der Waals surface area contributed by atoms with Crippen molar-refractivity contribution in [1.82, 2.24) is 4.90 Å². The molecule has 1 aromatic rings. The van der Waals surface area contributed by atoms with Gasteiger partial charge in [-0.25, -0.2) is 0 Å². The maximum Gasteiger partial charge on any atom is 0.394 e. The number of carbonyl (C=O) groups is 2. The number of hydrogen-bond donors (Lipinski definition) is 1. The van der Waals surface area contributed by atoms with Gasteiger partial charge in [0, 0.05) is 31.9 Å². The third-order valence-electron chi connectivity index (χ3n) is 5.17. The monoisotopic (exact) mass is 370 g/mol. The molecule has 2 aliphatic heterocycles. The summed E-state index contributed by atoms with van der Waals surface area (Å²) in [5.74, 6) is -5.72. The van der Waals surface area contributed by atoms with Gasteiger partial charge in [0.15, 0.2) is 0 Å². The Bertz CT molecular complexity index is 714. The molecule has 2 heterocycles. The predicted molar refractivity (Wildman–Crippen MR) is 89.2 cm³/mol. The summed E-state index contributed by atoms with van der Waals surface area (Å²) in [5, 5.41) is 9.14. The lowest BCUT2D eigenvalue weighted by Crippen LogP contribution is -2.34. The summed E-state index contributed by atoms with van der Waals surface area (Å²) in [4.78, 5) is 27.3. The molecule has 2 atom stereocenters. The number of benzene rings is 1. The highest BCUT2D eigenvalue weighted by atomic mass is 19.4. The molecule has 0 bridgehead atoms. The molecule has 0 aromatic heterocycles. The average Bonchev–Trinajstić information content (AvgIpc) is 3.23. The van der Waals surface area contributed by atoms with Gasteiger partial charge in [-0.2, -0.15) is 13.2 Å². The number of rotatable bonds is 3. The third kappa shape index (κ3) is 3.50. The van der Waals surface area contributed by atoms with Gasteiger partial charge in [0.1, 0.15) is 0 Å². The zero-order chi connectivity index (χ0) is 19.1. The highest BCUT2D eigenvalue weighted by Gasteiger charge is 2.53. The number of alkyl halides is 3. The second kappa shape index (κ2) is 6.81. The van der Waals surface area contributed by atoms with Gasteiger partial charge < -0.3 is 14.9 Å². The van der Waals surface area contributed by atoms with E-state index >= 15 is 0 Å². The lowest BCUT2D eigenvalue weighted by atomic mass is 9.96. The van der Waals surface area contributed by atoms with Crippen LogP contribution in [-0.2, 0) is 4.79 Å². The van der Waals surface area contributed by atoms with Gasteiger partial charge in [-0.3, -0.25) is 9.59 Å². The predicted octanol–water partition coefficient (Wildman–Crippen LogP) is 2.93. The minimum absolute atomic E-state index is 0.346. The van der Waals surface area contributed by atoms with Crippen molar-refractivity contribution < 1.29 is 27.9 Å². The van der Waals surface area contributed by atoms with E-state index in [1.54, 1.807) is 6.07 Å². The molecule has 5 nitrogen and oxygen atoms in total. The van der Waals surface area contributed by atoms with Crippen LogP contribution >= 0.6 is 0 Å². The molecule has 26 heavy (non-hydrogen) atoms. The smallest absolute Gasteiger partial charge is 0.394 e. The van der Waals surface area contributed by atoms with Crippen molar-refractivity contribution in [1.29, 1.82) is 0 Å². The molecule has 0 radical (unpaired) electrons. The van der Waals surface area contributed by atoms with Crippen molar-refractivity contribution in [2.75, 3.05) is 31.1 Å². The number of amides is 1. The zero-order valence-corrected chi connectivity index (χ0v) is 14.4. The first-order valence-electron chi connectivity index (χ1n) is 8.63. The van der Waals surface area contributed by atoms with Crippen LogP contribution in [0.25, 0.3) is 0 Å². The lowest BCUT2D eigenvalue weighted by molar-refractivity contribution is -0.187. The fraction of sp³-hybridized carbons (Fsp3) is 0.556. The van der Waals surface area contributed by atoms with Gasteiger partial charge in [0.05, 0.1) is 17.4 Å². The fourth-order valence-electron chi connectivity index (χ4n) is 3.78. The van der Waals surface area contributed by atoms with Crippen LogP contribution in [0.4, 0.5) is 18.9 Å². The number of anilines is 1. The minimum atomic E-state index is -4.65. The highest BCUT2D eigenvalue weighted by molar-refractivity contribution is 6.00. The zero-order valence-electron chi connectivity index (χ0n) is 14.4. The molecule has 1 aromatic carbocycles. The first-order valence-corrected chi connectivity index (χ1v) is 8.63. The third-order valence-corrected chi connectivity index (χ3v) is 5.17. The number of halogens is 3. The van der Waals surface area contributed by atoms with Crippen LogP contribution in [0.2, 0.25) is 0 Å². The van der Waals surface area contributed by atoms with E-state index in [2.05, 4.69) is 4.90 Å². The number of carboxylic acid groups (broad SMARTS) is 1. The van der Waals surface area contributed by atoms with Gasteiger partial charge in [-0.05, 0) is 31.9 Å². The Morgan fingerprint density at radius 2 is 1.81 bits per heavy atom. The number of aryl methyl sites for hydroxylation is 1. The molecule has 0 saturated carbocycles. The molecule has 1 amide bonds. The highest BCUT2D eigenvalue weighted by Crippen LogP contribution is 2.39. The Kier molecular flexibility index (Phi) is 4.86. The van der Waals surface area contributed by atoms with Gasteiger partial charge in [-0.15, -0.1) is 0 Å². The lowest BCUT2D eigenvalue weighted by Gasteiger charge is -2.24.